The first kappa shape index (κ1) is 16.8. The Morgan fingerprint density at radius 2 is 2.17 bits per heavy atom. The number of carbonyl (C=O) groups excluding carboxylic acids is 1. The lowest BCUT2D eigenvalue weighted by Crippen LogP contribution is -2.43. The van der Waals surface area contributed by atoms with E-state index in [1.165, 1.54) is 19.3 Å². The van der Waals surface area contributed by atoms with Gasteiger partial charge in [0.1, 0.15) is 0 Å². The highest BCUT2D eigenvalue weighted by Gasteiger charge is 2.42. The van der Waals surface area contributed by atoms with Crippen LogP contribution in [0.5, 0.6) is 0 Å². The van der Waals surface area contributed by atoms with Crippen molar-refractivity contribution in [1.82, 2.24) is 5.32 Å². The molecule has 3 atom stereocenters. The highest BCUT2D eigenvalue weighted by molar-refractivity contribution is 5.92. The molecule has 0 bridgehead atoms. The van der Waals surface area contributed by atoms with Crippen molar-refractivity contribution in [2.24, 2.45) is 17.8 Å². The predicted octanol–water partition coefficient (Wildman–Crippen LogP) is 2.35. The summed E-state index contributed by atoms with van der Waals surface area (Å²) in [6.07, 6.45) is 9.12. The Labute approximate surface area is 138 Å². The number of ether oxygens (including phenoxy) is 2. The monoisotopic (exact) mass is 323 g/mol. The average Bonchev–Trinajstić information content (AvgIpc) is 3.28. The van der Waals surface area contributed by atoms with Crippen LogP contribution in [-0.4, -0.2) is 36.6 Å². The van der Waals surface area contributed by atoms with E-state index in [0.29, 0.717) is 30.2 Å². The first-order valence-electron chi connectivity index (χ1n) is 9.14. The molecule has 2 fully saturated rings. The molecule has 0 aromatic rings. The maximum atomic E-state index is 12.4. The van der Waals surface area contributed by atoms with E-state index in [0.717, 1.165) is 25.7 Å². The van der Waals surface area contributed by atoms with Gasteiger partial charge in [0.2, 0.25) is 6.29 Å². The molecule has 1 amide bonds. The summed E-state index contributed by atoms with van der Waals surface area (Å²) in [5.74, 6) is 1.51. The van der Waals surface area contributed by atoms with Crippen LogP contribution in [0, 0.1) is 17.8 Å². The number of aliphatic hydroxyl groups is 1. The van der Waals surface area contributed by atoms with Gasteiger partial charge in [0, 0.05) is 25.2 Å². The topological polar surface area (TPSA) is 67.8 Å². The van der Waals surface area contributed by atoms with Gasteiger partial charge in [-0.15, -0.1) is 0 Å². The number of aliphatic hydroxyl groups excluding tert-OH is 1. The fourth-order valence-electron chi connectivity index (χ4n) is 3.63. The Morgan fingerprint density at radius 3 is 2.74 bits per heavy atom. The van der Waals surface area contributed by atoms with Gasteiger partial charge < -0.3 is 19.9 Å². The van der Waals surface area contributed by atoms with Gasteiger partial charge in [0.05, 0.1) is 0 Å². The van der Waals surface area contributed by atoms with Crippen LogP contribution in [0.3, 0.4) is 0 Å². The number of amides is 1. The lowest BCUT2D eigenvalue weighted by atomic mass is 9.68. The largest absolute Gasteiger partial charge is 0.459 e. The molecule has 0 radical (unpaired) electrons. The zero-order valence-electron chi connectivity index (χ0n) is 14.0. The van der Waals surface area contributed by atoms with Crippen molar-refractivity contribution in [3.63, 3.8) is 0 Å². The molecule has 2 aliphatic carbocycles. The Bertz CT molecular complexity index is 442. The molecule has 1 heterocycles. The van der Waals surface area contributed by atoms with E-state index in [2.05, 4.69) is 5.32 Å². The van der Waals surface area contributed by atoms with Crippen LogP contribution in [0.25, 0.3) is 0 Å². The summed E-state index contributed by atoms with van der Waals surface area (Å²) in [7, 11) is 0. The fraction of sp³-hybridized carbons (Fsp3) is 0.833. The number of nitrogens with one attached hydrogen (secondary N) is 1. The molecule has 3 rings (SSSR count). The molecular weight excluding hydrogens is 294 g/mol. The molecule has 23 heavy (non-hydrogen) atoms. The lowest BCUT2D eigenvalue weighted by Gasteiger charge is -2.43. The molecule has 130 valence electrons. The van der Waals surface area contributed by atoms with Crippen molar-refractivity contribution in [3.05, 3.63) is 11.8 Å². The second-order valence-corrected chi connectivity index (χ2v) is 7.02. The molecule has 0 aromatic heterocycles. The summed E-state index contributed by atoms with van der Waals surface area (Å²) in [5, 5.41) is 12.2. The Kier molecular flexibility index (Phi) is 5.59. The van der Waals surface area contributed by atoms with Gasteiger partial charge >= 0.3 is 0 Å². The van der Waals surface area contributed by atoms with Gasteiger partial charge in [0.15, 0.2) is 5.76 Å². The van der Waals surface area contributed by atoms with E-state index in [-0.39, 0.29) is 24.7 Å². The Balaban J connectivity index is 1.76. The highest BCUT2D eigenvalue weighted by atomic mass is 16.7. The third-order valence-electron chi connectivity index (χ3n) is 5.29. The normalized spacial score (nSPS) is 31.0. The van der Waals surface area contributed by atoms with Gasteiger partial charge in [-0.25, -0.2) is 0 Å². The van der Waals surface area contributed by atoms with Crippen LogP contribution in [-0.2, 0) is 14.3 Å². The van der Waals surface area contributed by atoms with Gasteiger partial charge in [-0.2, -0.15) is 0 Å². The smallest absolute Gasteiger partial charge is 0.286 e. The zero-order chi connectivity index (χ0) is 16.2. The average molecular weight is 323 g/mol. The quantitative estimate of drug-likeness (QED) is 0.719. The van der Waals surface area contributed by atoms with Crippen LogP contribution in [0.2, 0.25) is 0 Å². The summed E-state index contributed by atoms with van der Waals surface area (Å²) in [4.78, 5) is 12.4. The van der Waals surface area contributed by atoms with Crippen molar-refractivity contribution >= 4 is 5.91 Å². The van der Waals surface area contributed by atoms with Crippen molar-refractivity contribution < 1.29 is 19.4 Å². The molecule has 3 aliphatic rings. The van der Waals surface area contributed by atoms with Gasteiger partial charge in [-0.1, -0.05) is 6.42 Å². The summed E-state index contributed by atoms with van der Waals surface area (Å²) in [5.41, 5.74) is 0. The molecule has 5 nitrogen and oxygen atoms in total. The van der Waals surface area contributed by atoms with Crippen LogP contribution in [0.4, 0.5) is 0 Å². The summed E-state index contributed by atoms with van der Waals surface area (Å²) in [6, 6.07) is 0.326. The fourth-order valence-corrected chi connectivity index (χ4v) is 3.63. The third-order valence-corrected chi connectivity index (χ3v) is 5.29. The van der Waals surface area contributed by atoms with Crippen molar-refractivity contribution in [1.29, 1.82) is 0 Å². The van der Waals surface area contributed by atoms with Crippen molar-refractivity contribution in [2.75, 3.05) is 13.2 Å². The lowest BCUT2D eigenvalue weighted by molar-refractivity contribution is -0.178. The molecule has 0 aromatic carbocycles. The van der Waals surface area contributed by atoms with Crippen molar-refractivity contribution in [3.8, 4) is 0 Å². The molecular formula is C18H29NO4. The van der Waals surface area contributed by atoms with E-state index in [1.807, 2.05) is 13.0 Å². The minimum absolute atomic E-state index is 0.0952. The van der Waals surface area contributed by atoms with E-state index in [9.17, 15) is 9.90 Å². The van der Waals surface area contributed by atoms with Crippen molar-refractivity contribution in [2.45, 2.75) is 64.2 Å². The number of allylic oxidation sites excluding steroid dienone is 1. The molecule has 5 heteroatoms. The number of hydrogen-bond donors (Lipinski definition) is 2. The molecule has 1 aliphatic heterocycles. The Morgan fingerprint density at radius 1 is 1.39 bits per heavy atom. The van der Waals surface area contributed by atoms with Crippen LogP contribution in [0.1, 0.15) is 51.9 Å². The Hall–Kier alpha value is -1.07. The summed E-state index contributed by atoms with van der Waals surface area (Å²) < 4.78 is 11.7. The van der Waals surface area contributed by atoms with E-state index in [1.54, 1.807) is 0 Å². The van der Waals surface area contributed by atoms with Crippen LogP contribution in [0.15, 0.2) is 11.8 Å². The third kappa shape index (κ3) is 4.07. The molecule has 0 unspecified atom stereocenters. The SMILES string of the molecule is CCO[C@H]1OC(C(=O)NC2CC2)=C[C@@H](C2CCC2)[C@@H]1CCCO. The molecule has 0 saturated heterocycles. The highest BCUT2D eigenvalue weighted by Crippen LogP contribution is 2.44. The van der Waals surface area contributed by atoms with E-state index < -0.39 is 0 Å². The molecule has 2 N–H and O–H groups in total. The second-order valence-electron chi connectivity index (χ2n) is 7.02. The van der Waals surface area contributed by atoms with Gasteiger partial charge in [-0.3, -0.25) is 4.79 Å². The maximum absolute atomic E-state index is 12.4. The number of hydrogen-bond acceptors (Lipinski definition) is 4. The van der Waals surface area contributed by atoms with E-state index in [4.69, 9.17) is 9.47 Å². The summed E-state index contributed by atoms with van der Waals surface area (Å²) >= 11 is 0. The predicted molar refractivity (Wildman–Crippen MR) is 86.4 cm³/mol. The maximum Gasteiger partial charge on any atom is 0.286 e. The standard InChI is InChI=1S/C18H29NO4/c1-2-22-18-14(7-4-10-20)15(12-5-3-6-12)11-16(23-18)17(21)19-13-8-9-13/h11-15,18,20H,2-10H2,1H3,(H,19,21)/t14-,15-,18-/m0/s1. The second kappa shape index (κ2) is 7.67. The van der Waals surface area contributed by atoms with Crippen LogP contribution < -0.4 is 5.32 Å². The minimum Gasteiger partial charge on any atom is -0.459 e. The molecule has 2 saturated carbocycles. The van der Waals surface area contributed by atoms with Gasteiger partial charge in [0.25, 0.3) is 5.91 Å². The number of rotatable bonds is 8. The molecule has 0 spiro atoms. The summed E-state index contributed by atoms with van der Waals surface area (Å²) in [6.45, 7) is 2.70. The zero-order valence-corrected chi connectivity index (χ0v) is 14.0. The first-order valence-corrected chi connectivity index (χ1v) is 9.14. The van der Waals surface area contributed by atoms with E-state index >= 15 is 0 Å². The van der Waals surface area contributed by atoms with Gasteiger partial charge in [-0.05, 0) is 63.4 Å². The van der Waals surface area contributed by atoms with Crippen LogP contribution >= 0.6 is 0 Å². The first-order chi connectivity index (χ1) is 11.2. The number of carbonyl (C=O) groups is 1. The minimum atomic E-state index is -0.373.